The summed E-state index contributed by atoms with van der Waals surface area (Å²) in [7, 11) is 1.73. The number of methoxy groups -OCH3 is 1. The molecule has 122 valence electrons. The van der Waals surface area contributed by atoms with Crippen molar-refractivity contribution >= 4 is 50.0 Å². The summed E-state index contributed by atoms with van der Waals surface area (Å²) in [6.45, 7) is 0. The quantitative estimate of drug-likeness (QED) is 0.810. The largest absolute Gasteiger partial charge is 0.381 e. The molecule has 0 aliphatic heterocycles. The van der Waals surface area contributed by atoms with Gasteiger partial charge in [0.25, 0.3) is 0 Å². The normalized spacial score (nSPS) is 21.3. The molecule has 4 nitrogen and oxygen atoms in total. The molecule has 1 N–H and O–H groups in total. The number of hydrogen-bond acceptors (Lipinski definition) is 3. The third-order valence-electron chi connectivity index (χ3n) is 4.39. The van der Waals surface area contributed by atoms with Crippen LogP contribution in [-0.4, -0.2) is 24.1 Å². The van der Waals surface area contributed by atoms with Crippen molar-refractivity contribution in [1.82, 2.24) is 4.98 Å². The third-order valence-corrected chi connectivity index (χ3v) is 5.59. The van der Waals surface area contributed by atoms with Crippen LogP contribution in [0.15, 0.2) is 28.9 Å². The van der Waals surface area contributed by atoms with Crippen LogP contribution in [0.1, 0.15) is 25.7 Å². The van der Waals surface area contributed by atoms with Crippen LogP contribution in [0.2, 0.25) is 5.02 Å². The van der Waals surface area contributed by atoms with Crippen LogP contribution in [0, 0.1) is 5.92 Å². The molecule has 1 heterocycles. The number of hydrogen-bond donors (Lipinski definition) is 1. The molecule has 0 radical (unpaired) electrons. The predicted octanol–water partition coefficient (Wildman–Crippen LogP) is 4.79. The van der Waals surface area contributed by atoms with Gasteiger partial charge in [0.1, 0.15) is 5.82 Å². The minimum atomic E-state index is 0.0378. The Balaban J connectivity index is 1.71. The number of nitrogens with one attached hydrogen (secondary N) is 1. The van der Waals surface area contributed by atoms with Gasteiger partial charge in [0, 0.05) is 29.1 Å². The van der Waals surface area contributed by atoms with E-state index in [1.165, 1.54) is 0 Å². The van der Waals surface area contributed by atoms with Crippen molar-refractivity contribution in [3.05, 3.63) is 33.9 Å². The summed E-state index contributed by atoms with van der Waals surface area (Å²) in [6, 6.07) is 5.65. The summed E-state index contributed by atoms with van der Waals surface area (Å²) < 4.78 is 6.17. The molecule has 3 rings (SSSR count). The van der Waals surface area contributed by atoms with Crippen molar-refractivity contribution in [2.75, 3.05) is 12.4 Å². The van der Waals surface area contributed by atoms with Gasteiger partial charge in [0.2, 0.25) is 5.91 Å². The molecule has 23 heavy (non-hydrogen) atoms. The van der Waals surface area contributed by atoms with Gasteiger partial charge in [-0.2, -0.15) is 0 Å². The summed E-state index contributed by atoms with van der Waals surface area (Å²) >= 11 is 9.50. The number of amides is 1. The maximum absolute atomic E-state index is 12.4. The second kappa shape index (κ2) is 7.16. The van der Waals surface area contributed by atoms with E-state index in [0.29, 0.717) is 16.9 Å². The van der Waals surface area contributed by atoms with Crippen LogP contribution in [0.4, 0.5) is 5.82 Å². The number of halogens is 2. The van der Waals surface area contributed by atoms with Crippen molar-refractivity contribution in [2.45, 2.75) is 31.8 Å². The number of anilines is 1. The van der Waals surface area contributed by atoms with Crippen LogP contribution < -0.4 is 5.32 Å². The number of benzene rings is 1. The average Bonchev–Trinajstić information content (AvgIpc) is 2.56. The maximum atomic E-state index is 12.4. The number of pyridine rings is 1. The molecule has 0 bridgehead atoms. The summed E-state index contributed by atoms with van der Waals surface area (Å²) in [5.41, 5.74) is 0. The van der Waals surface area contributed by atoms with Gasteiger partial charge in [-0.3, -0.25) is 4.79 Å². The number of rotatable bonds is 3. The van der Waals surface area contributed by atoms with E-state index in [4.69, 9.17) is 16.3 Å². The third kappa shape index (κ3) is 3.84. The number of ether oxygens (including phenoxy) is 1. The molecule has 0 atom stereocenters. The van der Waals surface area contributed by atoms with Crippen LogP contribution in [-0.2, 0) is 9.53 Å². The second-order valence-electron chi connectivity index (χ2n) is 5.88. The first-order valence-corrected chi connectivity index (χ1v) is 8.82. The molecule has 1 aliphatic rings. The molecular formula is C17H18BrClN2O2. The van der Waals surface area contributed by atoms with E-state index in [9.17, 15) is 4.79 Å². The molecule has 2 aromatic rings. The Labute approximate surface area is 148 Å². The van der Waals surface area contributed by atoms with Crippen LogP contribution >= 0.6 is 27.5 Å². The van der Waals surface area contributed by atoms with Gasteiger partial charge in [0.05, 0.1) is 11.1 Å². The smallest absolute Gasteiger partial charge is 0.228 e. The van der Waals surface area contributed by atoms with E-state index in [0.717, 1.165) is 40.9 Å². The van der Waals surface area contributed by atoms with Crippen LogP contribution in [0.5, 0.6) is 0 Å². The molecular weight excluding hydrogens is 380 g/mol. The van der Waals surface area contributed by atoms with E-state index in [-0.39, 0.29) is 11.8 Å². The van der Waals surface area contributed by atoms with E-state index in [2.05, 4.69) is 26.2 Å². The highest BCUT2D eigenvalue weighted by Gasteiger charge is 2.26. The van der Waals surface area contributed by atoms with Gasteiger partial charge in [0.15, 0.2) is 0 Å². The zero-order valence-electron chi connectivity index (χ0n) is 12.8. The standard InChI is InChI=1S/C17H18BrClN2O2/c1-23-13-4-2-10(3-5-13)17(22)21-16-8-11-6-14(18)15(19)7-12(11)9-20-16/h6-10,13H,2-5H2,1H3,(H,20,21,22). The molecule has 1 aromatic heterocycles. The van der Waals surface area contributed by atoms with Crippen molar-refractivity contribution < 1.29 is 9.53 Å². The van der Waals surface area contributed by atoms with Crippen molar-refractivity contribution in [3.8, 4) is 0 Å². The Morgan fingerprint density at radius 2 is 2.00 bits per heavy atom. The topological polar surface area (TPSA) is 51.2 Å². The summed E-state index contributed by atoms with van der Waals surface area (Å²) in [6.07, 6.45) is 5.61. The molecule has 1 aliphatic carbocycles. The van der Waals surface area contributed by atoms with Crippen molar-refractivity contribution in [1.29, 1.82) is 0 Å². The second-order valence-corrected chi connectivity index (χ2v) is 7.14. The Hall–Kier alpha value is -1.17. The highest BCUT2D eigenvalue weighted by Crippen LogP contribution is 2.30. The van der Waals surface area contributed by atoms with E-state index in [1.54, 1.807) is 13.3 Å². The molecule has 0 saturated heterocycles. The van der Waals surface area contributed by atoms with Gasteiger partial charge in [-0.25, -0.2) is 4.98 Å². The fraction of sp³-hybridized carbons (Fsp3) is 0.412. The number of aromatic nitrogens is 1. The van der Waals surface area contributed by atoms with E-state index in [1.807, 2.05) is 18.2 Å². The van der Waals surface area contributed by atoms with Crippen LogP contribution in [0.3, 0.4) is 0 Å². The SMILES string of the molecule is COC1CCC(C(=O)Nc2cc3cc(Br)c(Cl)cc3cn2)CC1. The Morgan fingerprint density at radius 3 is 2.70 bits per heavy atom. The highest BCUT2D eigenvalue weighted by atomic mass is 79.9. The summed E-state index contributed by atoms with van der Waals surface area (Å²) in [4.78, 5) is 16.7. The van der Waals surface area contributed by atoms with E-state index >= 15 is 0 Å². The van der Waals surface area contributed by atoms with Gasteiger partial charge >= 0.3 is 0 Å². The highest BCUT2D eigenvalue weighted by molar-refractivity contribution is 9.10. The first-order valence-electron chi connectivity index (χ1n) is 7.65. The number of carbonyl (C=O) groups is 1. The van der Waals surface area contributed by atoms with Gasteiger partial charge in [-0.05, 0) is 65.2 Å². The minimum absolute atomic E-state index is 0.0378. The van der Waals surface area contributed by atoms with Gasteiger partial charge in [-0.15, -0.1) is 0 Å². The zero-order valence-corrected chi connectivity index (χ0v) is 15.2. The monoisotopic (exact) mass is 396 g/mol. The first kappa shape index (κ1) is 16.7. The van der Waals surface area contributed by atoms with E-state index < -0.39 is 0 Å². The predicted molar refractivity (Wildman–Crippen MR) is 95.8 cm³/mol. The van der Waals surface area contributed by atoms with Crippen molar-refractivity contribution in [3.63, 3.8) is 0 Å². The lowest BCUT2D eigenvalue weighted by Gasteiger charge is -2.26. The molecule has 1 amide bonds. The zero-order chi connectivity index (χ0) is 16.4. The lowest BCUT2D eigenvalue weighted by Crippen LogP contribution is -2.29. The van der Waals surface area contributed by atoms with Crippen molar-refractivity contribution in [2.24, 2.45) is 5.92 Å². The molecule has 1 aromatic carbocycles. The Morgan fingerprint density at radius 1 is 1.26 bits per heavy atom. The Kier molecular flexibility index (Phi) is 5.19. The lowest BCUT2D eigenvalue weighted by molar-refractivity contribution is -0.121. The lowest BCUT2D eigenvalue weighted by atomic mass is 9.87. The molecule has 0 spiro atoms. The number of fused-ring (bicyclic) bond motifs is 1. The minimum Gasteiger partial charge on any atom is -0.381 e. The fourth-order valence-corrected chi connectivity index (χ4v) is 3.53. The van der Waals surface area contributed by atoms with Gasteiger partial charge in [-0.1, -0.05) is 11.6 Å². The number of nitrogens with zero attached hydrogens (tertiary/aromatic N) is 1. The molecule has 1 fully saturated rings. The number of carbonyl (C=O) groups excluding carboxylic acids is 1. The molecule has 6 heteroatoms. The molecule has 0 unspecified atom stereocenters. The average molecular weight is 398 g/mol. The maximum Gasteiger partial charge on any atom is 0.228 e. The molecule has 1 saturated carbocycles. The first-order chi connectivity index (χ1) is 11.1. The fourth-order valence-electron chi connectivity index (χ4n) is 3.00. The Bertz CT molecular complexity index is 730. The summed E-state index contributed by atoms with van der Waals surface area (Å²) in [5, 5.41) is 5.50. The van der Waals surface area contributed by atoms with Crippen LogP contribution in [0.25, 0.3) is 10.8 Å². The summed E-state index contributed by atoms with van der Waals surface area (Å²) in [5.74, 6) is 0.654. The van der Waals surface area contributed by atoms with Gasteiger partial charge < -0.3 is 10.1 Å².